The number of imidazole rings is 1. The number of hydrogen-bond acceptors (Lipinski definition) is 1. The Balaban J connectivity index is 2.37. The van der Waals surface area contributed by atoms with Gasteiger partial charge in [-0.3, -0.25) is 0 Å². The molecule has 0 saturated carbocycles. The van der Waals surface area contributed by atoms with Gasteiger partial charge in [0.2, 0.25) is 0 Å². The largest absolute Gasteiger partial charge is 0.348 e. The molecule has 0 spiro atoms. The zero-order chi connectivity index (χ0) is 10.8. The molecule has 1 unspecified atom stereocenters. The molecule has 0 amide bonds. The monoisotopic (exact) mass is 204 g/mol. The number of H-pyrrole nitrogens is 1. The molecule has 1 atom stereocenters. The summed E-state index contributed by atoms with van der Waals surface area (Å²) in [6.07, 6.45) is 3.48. The van der Waals surface area contributed by atoms with Crippen molar-refractivity contribution in [2.24, 2.45) is 0 Å². The van der Waals surface area contributed by atoms with Crippen LogP contribution in [0.3, 0.4) is 0 Å². The summed E-state index contributed by atoms with van der Waals surface area (Å²) in [4.78, 5) is 7.21. The van der Waals surface area contributed by atoms with Gasteiger partial charge in [0.25, 0.3) is 0 Å². The second kappa shape index (κ2) is 3.85. The van der Waals surface area contributed by atoms with Gasteiger partial charge < -0.3 is 4.98 Å². The van der Waals surface area contributed by atoms with Gasteiger partial charge in [-0.2, -0.15) is 0 Å². The quantitative estimate of drug-likeness (QED) is 0.800. The Morgan fingerprint density at radius 1 is 1.33 bits per heavy atom. The van der Waals surface area contributed by atoms with Gasteiger partial charge in [0.15, 0.2) is 0 Å². The van der Waals surface area contributed by atoms with Crippen molar-refractivity contribution in [2.45, 2.75) is 19.8 Å². The van der Waals surface area contributed by atoms with E-state index in [4.69, 9.17) is 0 Å². The Morgan fingerprint density at radius 3 is 2.73 bits per heavy atom. The fraction of sp³-hybridized carbons (Fsp3) is 0.250. The summed E-state index contributed by atoms with van der Waals surface area (Å²) in [5.74, 6) is 0.762. The molecular formula is C12H13FN2. The maximum absolute atomic E-state index is 13.2. The first kappa shape index (κ1) is 9.90. The number of nitrogens with zero attached hydrogens (tertiary/aromatic N) is 1. The van der Waals surface area contributed by atoms with Gasteiger partial charge in [-0.15, -0.1) is 0 Å². The summed E-state index contributed by atoms with van der Waals surface area (Å²) in [6, 6.07) is 5.06. The van der Waals surface area contributed by atoms with Crippen molar-refractivity contribution >= 4 is 0 Å². The third kappa shape index (κ3) is 2.06. The number of rotatable bonds is 2. The molecule has 0 bridgehead atoms. The summed E-state index contributed by atoms with van der Waals surface area (Å²) in [6.45, 7) is 3.90. The van der Waals surface area contributed by atoms with E-state index in [0.29, 0.717) is 0 Å². The van der Waals surface area contributed by atoms with Crippen molar-refractivity contribution < 1.29 is 4.39 Å². The van der Waals surface area contributed by atoms with Crippen LogP contribution in [0.15, 0.2) is 30.6 Å². The van der Waals surface area contributed by atoms with Crippen molar-refractivity contribution in [1.82, 2.24) is 9.97 Å². The molecule has 2 rings (SSSR count). The fourth-order valence-electron chi connectivity index (χ4n) is 1.69. The van der Waals surface area contributed by atoms with E-state index in [2.05, 4.69) is 9.97 Å². The number of aromatic amines is 1. The molecule has 0 aliphatic rings. The van der Waals surface area contributed by atoms with Gasteiger partial charge in [-0.1, -0.05) is 13.0 Å². The van der Waals surface area contributed by atoms with Crippen LogP contribution in [0.2, 0.25) is 0 Å². The molecule has 2 aromatic rings. The lowest BCUT2D eigenvalue weighted by molar-refractivity contribution is 0.622. The number of hydrogen-bond donors (Lipinski definition) is 1. The van der Waals surface area contributed by atoms with Crippen LogP contribution in [0, 0.1) is 12.7 Å². The van der Waals surface area contributed by atoms with Crippen LogP contribution in [0.4, 0.5) is 4.39 Å². The van der Waals surface area contributed by atoms with Crippen molar-refractivity contribution in [2.75, 3.05) is 0 Å². The molecule has 2 nitrogen and oxygen atoms in total. The molecule has 1 heterocycles. The lowest BCUT2D eigenvalue weighted by atomic mass is 9.98. The van der Waals surface area contributed by atoms with E-state index in [0.717, 1.165) is 17.0 Å². The topological polar surface area (TPSA) is 28.7 Å². The summed E-state index contributed by atoms with van der Waals surface area (Å²) < 4.78 is 13.2. The number of nitrogens with one attached hydrogen (secondary N) is 1. The highest BCUT2D eigenvalue weighted by Crippen LogP contribution is 2.22. The highest BCUT2D eigenvalue weighted by atomic mass is 19.1. The minimum atomic E-state index is -0.191. The molecule has 0 aliphatic carbocycles. The maximum Gasteiger partial charge on any atom is 0.123 e. The summed E-state index contributed by atoms with van der Waals surface area (Å²) in [5.41, 5.74) is 1.88. The van der Waals surface area contributed by atoms with E-state index in [1.165, 1.54) is 6.07 Å². The van der Waals surface area contributed by atoms with E-state index in [1.54, 1.807) is 18.5 Å². The molecule has 0 radical (unpaired) electrons. The van der Waals surface area contributed by atoms with Gasteiger partial charge in [-0.05, 0) is 30.2 Å². The normalized spacial score (nSPS) is 12.7. The zero-order valence-electron chi connectivity index (χ0n) is 8.79. The average Bonchev–Trinajstić information content (AvgIpc) is 2.67. The van der Waals surface area contributed by atoms with Crippen LogP contribution < -0.4 is 0 Å². The molecule has 1 N–H and O–H groups in total. The first-order valence-electron chi connectivity index (χ1n) is 4.93. The second-order valence-corrected chi connectivity index (χ2v) is 3.76. The van der Waals surface area contributed by atoms with Gasteiger partial charge in [0.1, 0.15) is 11.6 Å². The lowest BCUT2D eigenvalue weighted by Crippen LogP contribution is -1.99. The Morgan fingerprint density at radius 2 is 2.13 bits per heavy atom. The minimum Gasteiger partial charge on any atom is -0.348 e. The predicted molar refractivity (Wildman–Crippen MR) is 57.2 cm³/mol. The SMILES string of the molecule is Cc1cc(F)cc(C(C)c2ncc[nH]2)c1. The van der Waals surface area contributed by atoms with Crippen LogP contribution in [-0.2, 0) is 0 Å². The van der Waals surface area contributed by atoms with E-state index in [1.807, 2.05) is 19.9 Å². The number of aryl methyl sites for hydroxylation is 1. The van der Waals surface area contributed by atoms with Gasteiger partial charge in [-0.25, -0.2) is 9.37 Å². The number of halogens is 1. The van der Waals surface area contributed by atoms with E-state index in [-0.39, 0.29) is 11.7 Å². The molecule has 0 aliphatic heterocycles. The minimum absolute atomic E-state index is 0.0920. The second-order valence-electron chi connectivity index (χ2n) is 3.76. The Labute approximate surface area is 88.2 Å². The molecule has 1 aromatic heterocycles. The Kier molecular flexibility index (Phi) is 2.54. The third-order valence-corrected chi connectivity index (χ3v) is 2.49. The van der Waals surface area contributed by atoms with Crippen LogP contribution in [0.5, 0.6) is 0 Å². The van der Waals surface area contributed by atoms with Crippen molar-refractivity contribution in [1.29, 1.82) is 0 Å². The van der Waals surface area contributed by atoms with Crippen LogP contribution >= 0.6 is 0 Å². The Bertz CT molecular complexity index is 428. The smallest absolute Gasteiger partial charge is 0.123 e. The van der Waals surface area contributed by atoms with E-state index in [9.17, 15) is 4.39 Å². The third-order valence-electron chi connectivity index (χ3n) is 2.49. The van der Waals surface area contributed by atoms with Gasteiger partial charge in [0.05, 0.1) is 0 Å². The molecule has 3 heteroatoms. The molecule has 1 aromatic carbocycles. The van der Waals surface area contributed by atoms with E-state index >= 15 is 0 Å². The average molecular weight is 204 g/mol. The highest BCUT2D eigenvalue weighted by molar-refractivity contribution is 5.29. The van der Waals surface area contributed by atoms with Crippen LogP contribution in [0.25, 0.3) is 0 Å². The lowest BCUT2D eigenvalue weighted by Gasteiger charge is -2.10. The van der Waals surface area contributed by atoms with Crippen LogP contribution in [-0.4, -0.2) is 9.97 Å². The fourth-order valence-corrected chi connectivity index (χ4v) is 1.69. The summed E-state index contributed by atoms with van der Waals surface area (Å²) in [7, 11) is 0. The first-order chi connectivity index (χ1) is 7.16. The molecule has 15 heavy (non-hydrogen) atoms. The standard InChI is InChI=1S/C12H13FN2/c1-8-5-10(7-11(13)6-8)9(2)12-14-3-4-15-12/h3-7,9H,1-2H3,(H,14,15). The first-order valence-corrected chi connectivity index (χ1v) is 4.93. The maximum atomic E-state index is 13.2. The van der Waals surface area contributed by atoms with Crippen LogP contribution in [0.1, 0.15) is 29.8 Å². The number of benzene rings is 1. The molecule has 0 fully saturated rings. The molecular weight excluding hydrogens is 191 g/mol. The highest BCUT2D eigenvalue weighted by Gasteiger charge is 2.11. The molecule has 78 valence electrons. The van der Waals surface area contributed by atoms with E-state index < -0.39 is 0 Å². The van der Waals surface area contributed by atoms with Crippen molar-refractivity contribution in [3.05, 3.63) is 53.4 Å². The number of aromatic nitrogens is 2. The van der Waals surface area contributed by atoms with Gasteiger partial charge in [0, 0.05) is 18.3 Å². The Hall–Kier alpha value is -1.64. The van der Waals surface area contributed by atoms with Gasteiger partial charge >= 0.3 is 0 Å². The predicted octanol–water partition coefficient (Wildman–Crippen LogP) is 3.01. The molecule has 0 saturated heterocycles. The summed E-state index contributed by atoms with van der Waals surface area (Å²) in [5, 5.41) is 0. The summed E-state index contributed by atoms with van der Waals surface area (Å²) >= 11 is 0. The zero-order valence-corrected chi connectivity index (χ0v) is 8.79. The van der Waals surface area contributed by atoms with Crippen molar-refractivity contribution in [3.8, 4) is 0 Å². The van der Waals surface area contributed by atoms with Crippen molar-refractivity contribution in [3.63, 3.8) is 0 Å².